The molecule has 6 saturated carbocycles. The predicted octanol–water partition coefficient (Wildman–Crippen LogP) is 10.8. The van der Waals surface area contributed by atoms with Gasteiger partial charge in [0.05, 0.1) is 42.2 Å². The van der Waals surface area contributed by atoms with Crippen molar-refractivity contribution in [2.24, 2.45) is 46.8 Å². The summed E-state index contributed by atoms with van der Waals surface area (Å²) in [7, 11) is 0. The molecule has 17 atom stereocenters. The van der Waals surface area contributed by atoms with Gasteiger partial charge in [0.25, 0.3) is 0 Å². The van der Waals surface area contributed by atoms with Gasteiger partial charge < -0.3 is 50.2 Å². The molecule has 16 rings (SSSR count). The van der Waals surface area contributed by atoms with Crippen LogP contribution in [0.3, 0.4) is 0 Å². The Bertz CT molecular complexity index is 3330. The second kappa shape index (κ2) is 23.7. The number of nitrogens with one attached hydrogen (secondary N) is 1. The molecule has 87 heavy (non-hydrogen) atoms. The van der Waals surface area contributed by atoms with Crippen LogP contribution in [0.25, 0.3) is 0 Å². The minimum Gasteiger partial charge on any atom is -0.507 e. The highest BCUT2D eigenvalue weighted by molar-refractivity contribution is 5.89. The lowest BCUT2D eigenvalue weighted by Gasteiger charge is -2.59. The van der Waals surface area contributed by atoms with E-state index < -0.39 is 76.8 Å². The molecule has 1 saturated heterocycles. The number of aliphatic hydroxyl groups excluding tert-OH is 3. The van der Waals surface area contributed by atoms with E-state index in [1.807, 2.05) is 42.5 Å². The number of hydrogen-bond donors (Lipinski definition) is 7. The molecular weight excluding hydrogens is 1090 g/mol. The standard InChI is InChI=1S/C74H89NO12/c1-72(83)41-75-54-34-50(33-52(35-54)69(80)73(25-7-8-26-73)27-24-42-16-22-62-49(29-42)19-23-63(85-62)70(72)81)46-17-18-47-40-65(78)87-68-56(47)38-51(67(79)66(68)45-12-3-2-4-13-45)39-64-74(84)59-15-6-5-14-48(59)37-57-58(61(77)21-20-60(57)74)31-44-11-9-10-43(28-44)30-55(76)36-53(32-46)71(82)86-64/h9-11,28,33-36,38,42,45-49,55,57-60,62-64,69-70,75-76,79-81,83-84H,2-8,12-16,19-23,25-26,29-32,37,39-41H2,1H3. The van der Waals surface area contributed by atoms with E-state index in [1.54, 1.807) is 13.0 Å². The van der Waals surface area contributed by atoms with Gasteiger partial charge in [-0.1, -0.05) is 105 Å². The zero-order valence-corrected chi connectivity index (χ0v) is 50.7. The first-order valence-electron chi connectivity index (χ1n) is 33.7. The number of ketones is 1. The van der Waals surface area contributed by atoms with Crippen LogP contribution in [0.1, 0.15) is 217 Å². The zero-order valence-electron chi connectivity index (χ0n) is 50.7. The fourth-order valence-corrected chi connectivity index (χ4v) is 19.2. The maximum absolute atomic E-state index is 16.1. The maximum atomic E-state index is 16.1. The molecule has 1 spiro atoms. The summed E-state index contributed by atoms with van der Waals surface area (Å²) in [6, 6.07) is 15.7. The van der Waals surface area contributed by atoms with Crippen LogP contribution in [0.15, 0.2) is 60.2 Å². The number of aliphatic hydroxyl groups is 5. The number of fused-ring (bicyclic) bond motifs is 11. The second-order valence-corrected chi connectivity index (χ2v) is 29.2. The molecule has 3 aromatic carbocycles. The molecule has 13 heteroatoms. The Kier molecular flexibility index (Phi) is 16.1. The molecule has 7 heterocycles. The molecule has 0 amide bonds. The number of phenols is 1. The average Bonchev–Trinajstić information content (AvgIpc) is 1.34. The lowest BCUT2D eigenvalue weighted by Crippen LogP contribution is -2.65. The van der Waals surface area contributed by atoms with Crippen molar-refractivity contribution >= 4 is 23.4 Å². The van der Waals surface area contributed by atoms with Gasteiger partial charge in [0.15, 0.2) is 0 Å². The summed E-state index contributed by atoms with van der Waals surface area (Å²) in [5, 5.41) is 80.6. The number of ether oxygens (including phenoxy) is 3. The van der Waals surface area contributed by atoms with Crippen molar-refractivity contribution in [1.82, 2.24) is 0 Å². The fourth-order valence-electron chi connectivity index (χ4n) is 19.2. The summed E-state index contributed by atoms with van der Waals surface area (Å²) in [5.74, 6) is 11.4. The number of esters is 2. The Morgan fingerprint density at radius 2 is 1.45 bits per heavy atom. The quantitative estimate of drug-likeness (QED) is 0.0724. The Labute approximate surface area is 512 Å². The van der Waals surface area contributed by atoms with E-state index in [-0.39, 0.29) is 97.4 Å². The molecule has 7 aliphatic heterocycles. The third kappa shape index (κ3) is 11.2. The number of Topliss-reactive ketones (excluding diaryl/α,β-unsaturated/α-hetero) is 1. The minimum absolute atomic E-state index is 0.0215. The number of phenolic OH excluding ortho intramolecular Hbond substituents is 1. The van der Waals surface area contributed by atoms with Crippen molar-refractivity contribution in [3.8, 4) is 35.2 Å². The Balaban J connectivity index is 0.963. The van der Waals surface area contributed by atoms with Gasteiger partial charge in [0, 0.05) is 65.9 Å². The highest BCUT2D eigenvalue weighted by atomic mass is 16.6. The highest BCUT2D eigenvalue weighted by Crippen LogP contribution is 2.60. The monoisotopic (exact) mass is 1180 g/mol. The third-order valence-electron chi connectivity index (χ3n) is 23.7. The zero-order chi connectivity index (χ0) is 59.9. The largest absolute Gasteiger partial charge is 0.507 e. The summed E-state index contributed by atoms with van der Waals surface area (Å²) >= 11 is 0. The van der Waals surface area contributed by atoms with E-state index in [2.05, 4.69) is 35.1 Å². The average molecular weight is 1180 g/mol. The first-order chi connectivity index (χ1) is 42.0. The fraction of sp³-hybridized carbons (Fsp3) is 0.635. The lowest BCUT2D eigenvalue weighted by atomic mass is 9.48. The predicted molar refractivity (Wildman–Crippen MR) is 327 cm³/mol. The Hall–Kier alpha value is -5.51. The van der Waals surface area contributed by atoms with Crippen LogP contribution in [0.4, 0.5) is 5.69 Å². The smallest absolute Gasteiger partial charge is 0.334 e. The normalized spacial score (nSPS) is 38.3. The molecule has 7 N–H and O–H groups in total. The number of aromatic hydroxyl groups is 1. The summed E-state index contributed by atoms with van der Waals surface area (Å²) in [6.07, 6.45) is 13.4. The third-order valence-corrected chi connectivity index (χ3v) is 23.7. The van der Waals surface area contributed by atoms with Gasteiger partial charge in [-0.05, 0) is 184 Å². The second-order valence-electron chi connectivity index (χ2n) is 29.2. The minimum atomic E-state index is -1.65. The molecule has 462 valence electrons. The molecule has 17 unspecified atom stereocenters. The van der Waals surface area contributed by atoms with Crippen LogP contribution in [0.5, 0.6) is 11.5 Å². The number of anilines is 1. The van der Waals surface area contributed by atoms with Crippen molar-refractivity contribution in [2.45, 2.75) is 239 Å². The number of carbonyl (C=O) groups excluding carboxylic acids is 3. The van der Waals surface area contributed by atoms with Gasteiger partial charge in [-0.15, -0.1) is 0 Å². The van der Waals surface area contributed by atoms with Crippen LogP contribution in [0, 0.1) is 70.5 Å². The lowest BCUT2D eigenvalue weighted by molar-refractivity contribution is -0.228. The molecule has 3 aromatic rings. The molecule has 13 aliphatic rings. The highest BCUT2D eigenvalue weighted by Gasteiger charge is 2.62. The maximum Gasteiger partial charge on any atom is 0.334 e. The van der Waals surface area contributed by atoms with E-state index in [0.29, 0.717) is 83.7 Å². The van der Waals surface area contributed by atoms with E-state index in [1.165, 1.54) is 0 Å². The van der Waals surface area contributed by atoms with E-state index in [4.69, 9.17) is 14.2 Å². The molecule has 6 aliphatic carbocycles. The van der Waals surface area contributed by atoms with Gasteiger partial charge in [-0.2, -0.15) is 0 Å². The SMILES string of the molecule is CC1(O)CNc2cc(C3C#CC4CC(=O)Oc5c4cc(c(O)c5C4CCCCC4)CC4OC(=O)C(=CC(O)Cc5cccc(c5)CC5C(=O)CCC6C5CC5CCCCC5C46O)C3)cc(c2)C(O)C2(C#CC3CCC4OC(CCC4C3)C1O)CCCC2. The van der Waals surface area contributed by atoms with Crippen LogP contribution < -0.4 is 10.1 Å². The van der Waals surface area contributed by atoms with Crippen molar-refractivity contribution in [2.75, 3.05) is 11.9 Å². The molecule has 0 aromatic heterocycles. The van der Waals surface area contributed by atoms with Crippen LogP contribution in [-0.4, -0.2) is 96.6 Å². The van der Waals surface area contributed by atoms with E-state index in [0.717, 1.165) is 107 Å². The molecular formula is C74H89NO12. The van der Waals surface area contributed by atoms with Crippen molar-refractivity contribution < 1.29 is 59.2 Å². The van der Waals surface area contributed by atoms with Crippen LogP contribution in [-0.2, 0) is 43.1 Å². The van der Waals surface area contributed by atoms with Crippen molar-refractivity contribution in [3.05, 3.63) is 99.1 Å². The Morgan fingerprint density at radius 3 is 2.28 bits per heavy atom. The molecule has 0 radical (unpaired) electrons. The number of benzene rings is 3. The number of carbonyl (C=O) groups is 3. The van der Waals surface area contributed by atoms with Crippen LogP contribution >= 0.6 is 0 Å². The number of rotatable bonds is 2. The van der Waals surface area contributed by atoms with Gasteiger partial charge in [0.2, 0.25) is 0 Å². The number of hydrogen-bond acceptors (Lipinski definition) is 13. The molecule has 7 fully saturated rings. The summed E-state index contributed by atoms with van der Waals surface area (Å²) in [5.41, 5.74) is 1.35. The summed E-state index contributed by atoms with van der Waals surface area (Å²) in [4.78, 5) is 44.8. The van der Waals surface area contributed by atoms with Gasteiger partial charge in [0.1, 0.15) is 40.7 Å². The van der Waals surface area contributed by atoms with Gasteiger partial charge in [-0.25, -0.2) is 4.79 Å². The molecule has 13 nitrogen and oxygen atoms in total. The van der Waals surface area contributed by atoms with Gasteiger partial charge >= 0.3 is 11.9 Å². The molecule has 16 bridgehead atoms. The summed E-state index contributed by atoms with van der Waals surface area (Å²) < 4.78 is 20.1. The van der Waals surface area contributed by atoms with Crippen LogP contribution in [0.2, 0.25) is 0 Å². The van der Waals surface area contributed by atoms with Crippen molar-refractivity contribution in [1.29, 1.82) is 0 Å². The first-order valence-corrected chi connectivity index (χ1v) is 33.7. The topological polar surface area (TPSA) is 212 Å². The first kappa shape index (κ1) is 59.1. The van der Waals surface area contributed by atoms with E-state index >= 15 is 4.79 Å². The van der Waals surface area contributed by atoms with Crippen molar-refractivity contribution in [3.63, 3.8) is 0 Å². The Morgan fingerprint density at radius 1 is 0.690 bits per heavy atom. The summed E-state index contributed by atoms with van der Waals surface area (Å²) in [6.45, 7) is 1.55. The van der Waals surface area contributed by atoms with Gasteiger partial charge in [-0.3, -0.25) is 9.59 Å². The van der Waals surface area contributed by atoms with E-state index in [9.17, 15) is 40.2 Å².